The molecule has 0 radical (unpaired) electrons. The minimum Gasteiger partial charge on any atom is -0.371 e. The van der Waals surface area contributed by atoms with E-state index >= 15 is 0 Å². The van der Waals surface area contributed by atoms with E-state index in [1.165, 1.54) is 12.1 Å². The fraction of sp³-hybridized carbons (Fsp3) is 0.238. The first-order valence-electron chi connectivity index (χ1n) is 9.12. The largest absolute Gasteiger partial charge is 0.371 e. The van der Waals surface area contributed by atoms with E-state index in [2.05, 4.69) is 27.8 Å². The molecule has 0 aliphatic rings. The van der Waals surface area contributed by atoms with Gasteiger partial charge in [0, 0.05) is 36.5 Å². The van der Waals surface area contributed by atoms with Crippen LogP contribution in [0, 0.1) is 21.4 Å². The lowest BCUT2D eigenvalue weighted by Gasteiger charge is -2.21. The Morgan fingerprint density at radius 3 is 2.00 bits per heavy atom. The molecule has 0 fully saturated rings. The van der Waals surface area contributed by atoms with Gasteiger partial charge in [-0.15, -0.1) is 0 Å². The summed E-state index contributed by atoms with van der Waals surface area (Å²) in [6, 6.07) is 15.6. The van der Waals surface area contributed by atoms with Crippen molar-refractivity contribution in [1.29, 1.82) is 5.26 Å². The maximum Gasteiger partial charge on any atom is 0.269 e. The van der Waals surface area contributed by atoms with Crippen molar-refractivity contribution < 1.29 is 9.72 Å². The molecule has 30 heavy (non-hydrogen) atoms. The zero-order chi connectivity index (χ0) is 22.5. The fourth-order valence-electron chi connectivity index (χ4n) is 2.14. The average molecular weight is 408 g/mol. The van der Waals surface area contributed by atoms with Crippen molar-refractivity contribution >= 4 is 28.7 Å². The summed E-state index contributed by atoms with van der Waals surface area (Å²) in [4.78, 5) is 22.1. The highest BCUT2D eigenvalue weighted by Gasteiger charge is 2.04. The van der Waals surface area contributed by atoms with Crippen molar-refractivity contribution in [1.82, 2.24) is 0 Å². The van der Waals surface area contributed by atoms with Crippen LogP contribution in [0.4, 0.5) is 22.7 Å². The zero-order valence-corrected chi connectivity index (χ0v) is 17.0. The van der Waals surface area contributed by atoms with E-state index in [1.807, 2.05) is 31.2 Å². The summed E-state index contributed by atoms with van der Waals surface area (Å²) >= 11 is 0. The van der Waals surface area contributed by atoms with Crippen molar-refractivity contribution in [2.24, 2.45) is 16.0 Å². The van der Waals surface area contributed by atoms with Crippen molar-refractivity contribution in [3.8, 4) is 6.07 Å². The van der Waals surface area contributed by atoms with E-state index in [4.69, 9.17) is 11.0 Å². The van der Waals surface area contributed by atoms with Gasteiger partial charge in [0.2, 0.25) is 5.91 Å². The number of carbonyl (C=O) groups excluding carboxylic acids is 1. The van der Waals surface area contributed by atoms with Crippen LogP contribution in [-0.2, 0) is 4.79 Å². The maximum atomic E-state index is 10.6. The van der Waals surface area contributed by atoms with Crippen molar-refractivity contribution in [3.05, 3.63) is 70.8 Å². The Hall–Kier alpha value is -4.06. The molecule has 2 aromatic carbocycles. The third-order valence-corrected chi connectivity index (χ3v) is 3.85. The molecule has 0 unspecified atom stereocenters. The van der Waals surface area contributed by atoms with Gasteiger partial charge in [-0.05, 0) is 50.2 Å². The Balaban J connectivity index is 0.000000656. The number of benzene rings is 2. The number of hydrogen-bond acceptors (Lipinski definition) is 7. The van der Waals surface area contributed by atoms with Gasteiger partial charge in [0.15, 0.2) is 0 Å². The number of carbonyl (C=O) groups is 1. The molecule has 0 aliphatic heterocycles. The number of nitriles is 1. The molecule has 0 saturated carbocycles. The van der Waals surface area contributed by atoms with Gasteiger partial charge in [0.1, 0.15) is 0 Å². The predicted molar refractivity (Wildman–Crippen MR) is 116 cm³/mol. The molecular weight excluding hydrogens is 384 g/mol. The molecule has 0 atom stereocenters. The van der Waals surface area contributed by atoms with Gasteiger partial charge in [0.05, 0.1) is 28.8 Å². The topological polar surface area (TPSA) is 138 Å². The quantitative estimate of drug-likeness (QED) is 0.289. The van der Waals surface area contributed by atoms with Crippen LogP contribution in [0.2, 0.25) is 0 Å². The van der Waals surface area contributed by atoms with Gasteiger partial charge in [0.25, 0.3) is 5.69 Å². The smallest absolute Gasteiger partial charge is 0.269 e. The predicted octanol–water partition coefficient (Wildman–Crippen LogP) is 4.80. The molecule has 0 aliphatic carbocycles. The Labute approximate surface area is 175 Å². The Morgan fingerprint density at radius 2 is 1.63 bits per heavy atom. The molecule has 9 nitrogen and oxygen atoms in total. The van der Waals surface area contributed by atoms with Crippen molar-refractivity contribution in [2.75, 3.05) is 18.0 Å². The molecule has 0 spiro atoms. The van der Waals surface area contributed by atoms with E-state index in [1.54, 1.807) is 19.1 Å². The molecule has 0 heterocycles. The van der Waals surface area contributed by atoms with Gasteiger partial charge >= 0.3 is 0 Å². The molecular formula is C21H24N6O3. The van der Waals surface area contributed by atoms with E-state index < -0.39 is 10.8 Å². The molecule has 156 valence electrons. The maximum absolute atomic E-state index is 10.6. The van der Waals surface area contributed by atoms with E-state index in [-0.39, 0.29) is 5.69 Å². The Morgan fingerprint density at radius 1 is 1.17 bits per heavy atom. The first-order chi connectivity index (χ1) is 14.3. The zero-order valence-electron chi connectivity index (χ0n) is 17.0. The highest BCUT2D eigenvalue weighted by molar-refractivity contribution is 5.90. The number of nitro benzene ring substituents is 1. The Kier molecular flexibility index (Phi) is 9.92. The number of non-ortho nitro benzene ring substituents is 1. The minimum atomic E-state index is -0.453. The number of rotatable bonds is 8. The molecule has 0 aromatic heterocycles. The number of hydrogen-bond donors (Lipinski definition) is 1. The summed E-state index contributed by atoms with van der Waals surface area (Å²) in [6.07, 6.45) is 0.482. The lowest BCUT2D eigenvalue weighted by atomic mass is 10.2. The highest BCUT2D eigenvalue weighted by atomic mass is 16.6. The standard InChI is InChI=1S/C17H17N5O2.C4H7NO/c1-2-21(13-3-12-18)16-8-4-14(5-9-16)19-20-15-6-10-17(11-7-15)22(23)24;1-3(2)4(5)6/h4-11H,2-3,13H2,1H3;1H2,2H3,(H2,5,6). The van der Waals surface area contributed by atoms with Crippen molar-refractivity contribution in [2.45, 2.75) is 20.3 Å². The lowest BCUT2D eigenvalue weighted by molar-refractivity contribution is -0.384. The number of azo groups is 1. The normalized spacial score (nSPS) is 9.90. The average Bonchev–Trinajstić information content (AvgIpc) is 2.74. The van der Waals surface area contributed by atoms with Crippen LogP contribution in [0.15, 0.2) is 70.9 Å². The van der Waals surface area contributed by atoms with Crippen LogP contribution in [0.5, 0.6) is 0 Å². The number of primary amides is 1. The van der Waals surface area contributed by atoms with Gasteiger partial charge < -0.3 is 10.6 Å². The van der Waals surface area contributed by atoms with E-state index in [9.17, 15) is 14.9 Å². The number of amides is 1. The first-order valence-corrected chi connectivity index (χ1v) is 9.12. The van der Waals surface area contributed by atoms with Crippen LogP contribution in [0.1, 0.15) is 20.3 Å². The number of anilines is 1. The molecule has 9 heteroatoms. The summed E-state index contributed by atoms with van der Waals surface area (Å²) in [5.41, 5.74) is 7.39. The third-order valence-electron chi connectivity index (χ3n) is 3.85. The second kappa shape index (κ2) is 12.4. The highest BCUT2D eigenvalue weighted by Crippen LogP contribution is 2.23. The summed E-state index contributed by atoms with van der Waals surface area (Å²) in [6.45, 7) is 8.41. The molecule has 0 saturated heterocycles. The van der Waals surface area contributed by atoms with Gasteiger partial charge in [-0.2, -0.15) is 15.5 Å². The van der Waals surface area contributed by atoms with Gasteiger partial charge in [-0.25, -0.2) is 0 Å². The summed E-state index contributed by atoms with van der Waals surface area (Å²) in [7, 11) is 0. The summed E-state index contributed by atoms with van der Waals surface area (Å²) in [5, 5.41) is 27.5. The molecule has 2 aromatic rings. The van der Waals surface area contributed by atoms with Crippen LogP contribution < -0.4 is 10.6 Å². The van der Waals surface area contributed by atoms with Gasteiger partial charge in [-0.3, -0.25) is 14.9 Å². The second-order valence-corrected chi connectivity index (χ2v) is 6.12. The lowest BCUT2D eigenvalue weighted by Crippen LogP contribution is -2.23. The third kappa shape index (κ3) is 8.31. The number of nitrogens with zero attached hydrogens (tertiary/aromatic N) is 5. The monoisotopic (exact) mass is 408 g/mol. The van der Waals surface area contributed by atoms with Crippen LogP contribution >= 0.6 is 0 Å². The van der Waals surface area contributed by atoms with Crippen LogP contribution in [-0.4, -0.2) is 23.9 Å². The molecule has 1 amide bonds. The van der Waals surface area contributed by atoms with Crippen molar-refractivity contribution in [3.63, 3.8) is 0 Å². The molecule has 0 bridgehead atoms. The van der Waals surface area contributed by atoms with Crippen LogP contribution in [0.25, 0.3) is 0 Å². The second-order valence-electron chi connectivity index (χ2n) is 6.12. The summed E-state index contributed by atoms with van der Waals surface area (Å²) in [5.74, 6) is -0.435. The van der Waals surface area contributed by atoms with E-state index in [0.29, 0.717) is 29.9 Å². The fourth-order valence-corrected chi connectivity index (χ4v) is 2.14. The number of nitrogens with two attached hydrogens (primary N) is 1. The minimum absolute atomic E-state index is 0.0235. The summed E-state index contributed by atoms with van der Waals surface area (Å²) < 4.78 is 0. The van der Waals surface area contributed by atoms with Crippen LogP contribution in [0.3, 0.4) is 0 Å². The Bertz CT molecular complexity index is 919. The van der Waals surface area contributed by atoms with E-state index in [0.717, 1.165) is 12.2 Å². The molecule has 2 N–H and O–H groups in total. The SMILES string of the molecule is C=C(C)C(N)=O.CCN(CCC#N)c1ccc(N=Nc2ccc([N+](=O)[O-])cc2)cc1. The number of nitro groups is 1. The first kappa shape index (κ1) is 24.0. The molecule has 2 rings (SSSR count). The van der Waals surface area contributed by atoms with Gasteiger partial charge in [-0.1, -0.05) is 6.58 Å².